The number of Topliss-reactive ketones (excluding diaryl/α,β-unsaturated/α-hetero) is 1. The van der Waals surface area contributed by atoms with Crippen molar-refractivity contribution in [2.75, 3.05) is 13.3 Å². The van der Waals surface area contributed by atoms with E-state index in [9.17, 15) is 14.0 Å². The van der Waals surface area contributed by atoms with E-state index in [4.69, 9.17) is 9.47 Å². The summed E-state index contributed by atoms with van der Waals surface area (Å²) in [5, 5.41) is 0. The van der Waals surface area contributed by atoms with Crippen LogP contribution in [0.1, 0.15) is 68.9 Å². The van der Waals surface area contributed by atoms with Crippen LogP contribution >= 0.6 is 0 Å². The number of rotatable bonds is 6. The third-order valence-electron chi connectivity index (χ3n) is 6.55. The molecule has 158 valence electrons. The topological polar surface area (TPSA) is 55.8 Å². The third-order valence-corrected chi connectivity index (χ3v) is 6.55. The largest absolute Gasteiger partial charge is 0.467 e. The van der Waals surface area contributed by atoms with Crippen LogP contribution in [0, 0.1) is 11.7 Å². The maximum Gasteiger partial charge on any atom is 0.222 e. The maximum atomic E-state index is 13.8. The van der Waals surface area contributed by atoms with Gasteiger partial charge in [0, 0.05) is 43.0 Å². The predicted molar refractivity (Wildman–Crippen MR) is 106 cm³/mol. The van der Waals surface area contributed by atoms with Crippen LogP contribution in [-0.2, 0) is 27.4 Å². The number of hydrogen-bond acceptors (Lipinski definition) is 4. The molecule has 2 aliphatic heterocycles. The Morgan fingerprint density at radius 2 is 1.93 bits per heavy atom. The number of nitrogens with zero attached hydrogens (tertiary/aromatic N) is 1. The van der Waals surface area contributed by atoms with Crippen LogP contribution in [0.2, 0.25) is 0 Å². The Morgan fingerprint density at radius 1 is 1.10 bits per heavy atom. The summed E-state index contributed by atoms with van der Waals surface area (Å²) in [5.74, 6) is 1.06. The van der Waals surface area contributed by atoms with Gasteiger partial charge in [0.15, 0.2) is 6.79 Å². The van der Waals surface area contributed by atoms with Crippen LogP contribution in [0.5, 0.6) is 5.75 Å². The Morgan fingerprint density at radius 3 is 2.83 bits per heavy atom. The van der Waals surface area contributed by atoms with Gasteiger partial charge in [-0.15, -0.1) is 0 Å². The van der Waals surface area contributed by atoms with E-state index >= 15 is 0 Å². The highest BCUT2D eigenvalue weighted by Gasteiger charge is 2.35. The van der Waals surface area contributed by atoms with E-state index in [2.05, 4.69) is 4.90 Å². The van der Waals surface area contributed by atoms with Crippen molar-refractivity contribution >= 4 is 11.7 Å². The molecule has 3 aliphatic rings. The molecule has 1 amide bonds. The van der Waals surface area contributed by atoms with Crippen molar-refractivity contribution in [3.05, 3.63) is 29.1 Å². The normalized spacial score (nSPS) is 23.7. The zero-order valence-electron chi connectivity index (χ0n) is 17.0. The summed E-state index contributed by atoms with van der Waals surface area (Å²) in [5.41, 5.74) is 1.21. The summed E-state index contributed by atoms with van der Waals surface area (Å²) >= 11 is 0. The highest BCUT2D eigenvalue weighted by molar-refractivity contribution is 5.83. The first kappa shape index (κ1) is 20.3. The first-order valence-corrected chi connectivity index (χ1v) is 10.9. The van der Waals surface area contributed by atoms with Gasteiger partial charge in [-0.1, -0.05) is 12.8 Å². The van der Waals surface area contributed by atoms with Crippen LogP contribution in [0.15, 0.2) is 12.1 Å². The molecular weight excluding hydrogens is 373 g/mol. The molecule has 2 unspecified atom stereocenters. The molecule has 0 spiro atoms. The van der Waals surface area contributed by atoms with Crippen LogP contribution in [0.25, 0.3) is 0 Å². The zero-order chi connectivity index (χ0) is 20.2. The van der Waals surface area contributed by atoms with E-state index < -0.39 is 0 Å². The molecule has 0 aromatic heterocycles. The molecule has 4 rings (SSSR count). The second-order valence-electron chi connectivity index (χ2n) is 8.57. The van der Waals surface area contributed by atoms with Crippen molar-refractivity contribution in [1.82, 2.24) is 4.90 Å². The van der Waals surface area contributed by atoms with Crippen molar-refractivity contribution in [3.8, 4) is 5.75 Å². The monoisotopic (exact) mass is 403 g/mol. The van der Waals surface area contributed by atoms with E-state index in [1.807, 2.05) is 0 Å². The fourth-order valence-corrected chi connectivity index (χ4v) is 5.20. The molecule has 0 N–H and O–H groups in total. The van der Waals surface area contributed by atoms with Gasteiger partial charge in [0.2, 0.25) is 5.91 Å². The Bertz CT molecular complexity index is 763. The Hall–Kier alpha value is -1.95. The number of amides is 1. The zero-order valence-corrected chi connectivity index (χ0v) is 17.0. The van der Waals surface area contributed by atoms with E-state index in [0.717, 1.165) is 19.4 Å². The van der Waals surface area contributed by atoms with E-state index in [-0.39, 0.29) is 30.7 Å². The number of piperidine rings is 1. The molecule has 1 saturated heterocycles. The first-order valence-electron chi connectivity index (χ1n) is 10.9. The fourth-order valence-electron chi connectivity index (χ4n) is 5.20. The average Bonchev–Trinajstić information content (AvgIpc) is 2.73. The minimum Gasteiger partial charge on any atom is -0.467 e. The second-order valence-corrected chi connectivity index (χ2v) is 8.57. The molecule has 1 aromatic carbocycles. The number of ketones is 1. The molecule has 5 nitrogen and oxygen atoms in total. The minimum atomic E-state index is -0.386. The molecule has 2 atom stereocenters. The number of fused-ring (bicyclic) bond motifs is 2. The quantitative estimate of drug-likeness (QED) is 0.716. The minimum absolute atomic E-state index is 0.00915. The maximum absolute atomic E-state index is 13.8. The summed E-state index contributed by atoms with van der Waals surface area (Å²) in [6, 6.07) is 3.17. The molecule has 1 saturated carbocycles. The van der Waals surface area contributed by atoms with Crippen molar-refractivity contribution in [1.29, 1.82) is 0 Å². The molecule has 6 heteroatoms. The lowest BCUT2D eigenvalue weighted by molar-refractivity contribution is -0.137. The Balaban J connectivity index is 1.28. The summed E-state index contributed by atoms with van der Waals surface area (Å²) < 4.78 is 24.5. The lowest BCUT2D eigenvalue weighted by atomic mass is 9.78. The summed E-state index contributed by atoms with van der Waals surface area (Å²) in [4.78, 5) is 27.3. The molecule has 2 fully saturated rings. The van der Waals surface area contributed by atoms with Gasteiger partial charge in [-0.3, -0.25) is 9.59 Å². The van der Waals surface area contributed by atoms with Crippen molar-refractivity contribution in [3.63, 3.8) is 0 Å². The number of benzene rings is 1. The van der Waals surface area contributed by atoms with Gasteiger partial charge in [0.25, 0.3) is 0 Å². The lowest BCUT2D eigenvalue weighted by Gasteiger charge is -2.44. The van der Waals surface area contributed by atoms with Crippen LogP contribution in [-0.4, -0.2) is 36.0 Å². The molecule has 29 heavy (non-hydrogen) atoms. The van der Waals surface area contributed by atoms with Crippen LogP contribution < -0.4 is 4.74 Å². The molecule has 2 heterocycles. The molecular formula is C23H30FNO4. The second kappa shape index (κ2) is 9.24. The van der Waals surface area contributed by atoms with Gasteiger partial charge in [-0.25, -0.2) is 4.39 Å². The summed E-state index contributed by atoms with van der Waals surface area (Å²) in [7, 11) is 0. The van der Waals surface area contributed by atoms with Gasteiger partial charge in [0.05, 0.1) is 6.61 Å². The van der Waals surface area contributed by atoms with Gasteiger partial charge in [-0.05, 0) is 50.2 Å². The fraction of sp³-hybridized carbons (Fsp3) is 0.652. The average molecular weight is 403 g/mol. The standard InChI is InChI=1S/C23H30FNO4/c24-19-11-17(23-18(12-19)14-28-15-29-23)13-20(26)7-3-9-22(27)25-10-4-6-16-5-1-2-8-21(16)25/h11-12,16,21H,1-10,13-15H2. The number of likely N-dealkylation sites (tertiary alicyclic amines) is 1. The summed E-state index contributed by atoms with van der Waals surface area (Å²) in [6.07, 6.45) is 8.65. The number of carbonyl (C=O) groups is 2. The van der Waals surface area contributed by atoms with E-state index in [0.29, 0.717) is 54.7 Å². The summed E-state index contributed by atoms with van der Waals surface area (Å²) in [6.45, 7) is 1.27. The number of ether oxygens (including phenoxy) is 2. The molecule has 0 radical (unpaired) electrons. The number of hydrogen-bond donors (Lipinski definition) is 0. The Labute approximate surface area is 171 Å². The van der Waals surface area contributed by atoms with Crippen LogP contribution in [0.4, 0.5) is 4.39 Å². The van der Waals surface area contributed by atoms with Crippen molar-refractivity contribution < 1.29 is 23.5 Å². The van der Waals surface area contributed by atoms with Gasteiger partial charge >= 0.3 is 0 Å². The Kier molecular flexibility index (Phi) is 6.48. The third kappa shape index (κ3) is 4.80. The molecule has 0 bridgehead atoms. The first-order chi connectivity index (χ1) is 14.1. The highest BCUT2D eigenvalue weighted by Crippen LogP contribution is 2.35. The lowest BCUT2D eigenvalue weighted by Crippen LogP contribution is -2.49. The van der Waals surface area contributed by atoms with Gasteiger partial charge in [-0.2, -0.15) is 0 Å². The van der Waals surface area contributed by atoms with Gasteiger partial charge in [0.1, 0.15) is 17.3 Å². The SMILES string of the molecule is O=C(CCCC(=O)N1CCCC2CCCCC21)Cc1cc(F)cc2c1OCOC2. The predicted octanol–water partition coefficient (Wildman–Crippen LogP) is 4.16. The molecule has 1 aliphatic carbocycles. The number of carbonyl (C=O) groups excluding carboxylic acids is 2. The van der Waals surface area contributed by atoms with E-state index in [1.165, 1.54) is 37.8 Å². The van der Waals surface area contributed by atoms with Crippen molar-refractivity contribution in [2.24, 2.45) is 5.92 Å². The van der Waals surface area contributed by atoms with Crippen molar-refractivity contribution in [2.45, 2.75) is 76.9 Å². The van der Waals surface area contributed by atoms with Crippen LogP contribution in [0.3, 0.4) is 0 Å². The van der Waals surface area contributed by atoms with E-state index in [1.54, 1.807) is 0 Å². The number of halogens is 1. The molecule has 1 aromatic rings. The highest BCUT2D eigenvalue weighted by atomic mass is 19.1. The smallest absolute Gasteiger partial charge is 0.222 e. The van der Waals surface area contributed by atoms with Gasteiger partial charge < -0.3 is 14.4 Å².